The number of carbonyl (C=O) groups is 1. The Morgan fingerprint density at radius 3 is 3.00 bits per heavy atom. The van der Waals surface area contributed by atoms with E-state index in [1.807, 2.05) is 25.1 Å². The largest absolute Gasteiger partial charge is 0.493 e. The minimum absolute atomic E-state index is 0.0351. The summed E-state index contributed by atoms with van der Waals surface area (Å²) in [5.41, 5.74) is 2.52. The Bertz CT molecular complexity index is 618. The maximum Gasteiger partial charge on any atom is 0.258 e. The van der Waals surface area contributed by atoms with Crippen LogP contribution in [0.3, 0.4) is 0 Å². The van der Waals surface area contributed by atoms with Gasteiger partial charge in [0.05, 0.1) is 24.4 Å². The van der Waals surface area contributed by atoms with E-state index >= 15 is 0 Å². The summed E-state index contributed by atoms with van der Waals surface area (Å²) in [5.74, 6) is 0.592. The van der Waals surface area contributed by atoms with Crippen molar-refractivity contribution in [2.45, 2.75) is 20.0 Å². The van der Waals surface area contributed by atoms with E-state index in [2.05, 4.69) is 9.97 Å². The van der Waals surface area contributed by atoms with Crippen molar-refractivity contribution in [3.8, 4) is 5.75 Å². The fourth-order valence-corrected chi connectivity index (χ4v) is 2.34. The standard InChI is InChI=1S/C15H15N3O2/c1-2-20-14-6-4-3-5-12(14)15(19)18-8-11-7-16-10-17-13(11)9-18/h3-7,10H,2,8-9H2,1H3. The van der Waals surface area contributed by atoms with E-state index in [0.29, 0.717) is 31.0 Å². The van der Waals surface area contributed by atoms with Crippen LogP contribution in [-0.4, -0.2) is 27.4 Å². The molecule has 0 atom stereocenters. The van der Waals surface area contributed by atoms with Crippen molar-refractivity contribution in [1.29, 1.82) is 0 Å². The smallest absolute Gasteiger partial charge is 0.258 e. The summed E-state index contributed by atoms with van der Waals surface area (Å²) in [5, 5.41) is 0. The first-order chi connectivity index (χ1) is 9.79. The van der Waals surface area contributed by atoms with Crippen molar-refractivity contribution in [2.24, 2.45) is 0 Å². The third kappa shape index (κ3) is 2.22. The molecule has 0 spiro atoms. The Hall–Kier alpha value is -2.43. The van der Waals surface area contributed by atoms with E-state index in [4.69, 9.17) is 4.74 Å². The van der Waals surface area contributed by atoms with Crippen molar-refractivity contribution in [3.05, 3.63) is 53.6 Å². The first-order valence-corrected chi connectivity index (χ1v) is 6.58. The summed E-state index contributed by atoms with van der Waals surface area (Å²) >= 11 is 0. The first kappa shape index (κ1) is 12.6. The van der Waals surface area contributed by atoms with Crippen LogP contribution in [0, 0.1) is 0 Å². The highest BCUT2D eigenvalue weighted by Gasteiger charge is 2.26. The van der Waals surface area contributed by atoms with Gasteiger partial charge in [0.15, 0.2) is 0 Å². The van der Waals surface area contributed by atoms with E-state index in [9.17, 15) is 4.79 Å². The molecule has 3 rings (SSSR count). The zero-order valence-corrected chi connectivity index (χ0v) is 11.2. The van der Waals surface area contributed by atoms with Gasteiger partial charge in [0.25, 0.3) is 5.91 Å². The van der Waals surface area contributed by atoms with Crippen LogP contribution in [0.25, 0.3) is 0 Å². The zero-order chi connectivity index (χ0) is 13.9. The molecule has 5 heteroatoms. The second kappa shape index (κ2) is 5.28. The average Bonchev–Trinajstić information content (AvgIpc) is 2.91. The number of rotatable bonds is 3. The Morgan fingerprint density at radius 2 is 2.20 bits per heavy atom. The topological polar surface area (TPSA) is 55.3 Å². The van der Waals surface area contributed by atoms with Crippen molar-refractivity contribution in [2.75, 3.05) is 6.61 Å². The van der Waals surface area contributed by atoms with Crippen LogP contribution in [0.15, 0.2) is 36.8 Å². The summed E-state index contributed by atoms with van der Waals surface area (Å²) in [4.78, 5) is 22.6. The van der Waals surface area contributed by atoms with Crippen molar-refractivity contribution in [3.63, 3.8) is 0 Å². The van der Waals surface area contributed by atoms with Gasteiger partial charge in [0, 0.05) is 18.3 Å². The molecular weight excluding hydrogens is 254 g/mol. The lowest BCUT2D eigenvalue weighted by Gasteiger charge is -2.17. The fourth-order valence-electron chi connectivity index (χ4n) is 2.34. The quantitative estimate of drug-likeness (QED) is 0.855. The molecule has 0 radical (unpaired) electrons. The minimum Gasteiger partial charge on any atom is -0.493 e. The van der Waals surface area contributed by atoms with Gasteiger partial charge >= 0.3 is 0 Å². The molecule has 2 aromatic rings. The maximum atomic E-state index is 12.6. The molecule has 0 N–H and O–H groups in total. The van der Waals surface area contributed by atoms with Gasteiger partial charge in [-0.15, -0.1) is 0 Å². The Morgan fingerprint density at radius 1 is 1.35 bits per heavy atom. The first-order valence-electron chi connectivity index (χ1n) is 6.58. The van der Waals surface area contributed by atoms with Crippen LogP contribution >= 0.6 is 0 Å². The number of nitrogens with zero attached hydrogens (tertiary/aromatic N) is 3. The van der Waals surface area contributed by atoms with E-state index in [0.717, 1.165) is 11.3 Å². The number of hydrogen-bond acceptors (Lipinski definition) is 4. The molecule has 1 aliphatic rings. The van der Waals surface area contributed by atoms with E-state index in [1.54, 1.807) is 17.2 Å². The molecule has 5 nitrogen and oxygen atoms in total. The van der Waals surface area contributed by atoms with Gasteiger partial charge in [-0.1, -0.05) is 12.1 Å². The number of amides is 1. The molecule has 2 heterocycles. The van der Waals surface area contributed by atoms with Crippen LogP contribution in [0.2, 0.25) is 0 Å². The van der Waals surface area contributed by atoms with E-state index < -0.39 is 0 Å². The lowest BCUT2D eigenvalue weighted by Crippen LogP contribution is -2.26. The lowest BCUT2D eigenvalue weighted by atomic mass is 10.1. The third-order valence-corrected chi connectivity index (χ3v) is 3.29. The molecule has 0 fully saturated rings. The number of aromatic nitrogens is 2. The average molecular weight is 269 g/mol. The number of hydrogen-bond donors (Lipinski definition) is 0. The number of ether oxygens (including phenoxy) is 1. The number of para-hydroxylation sites is 1. The normalized spacial score (nSPS) is 13.2. The van der Waals surface area contributed by atoms with Crippen molar-refractivity contribution < 1.29 is 9.53 Å². The monoisotopic (exact) mass is 269 g/mol. The van der Waals surface area contributed by atoms with Crippen LogP contribution in [0.4, 0.5) is 0 Å². The van der Waals surface area contributed by atoms with Gasteiger partial charge in [-0.25, -0.2) is 9.97 Å². The summed E-state index contributed by atoms with van der Waals surface area (Å²) in [7, 11) is 0. The lowest BCUT2D eigenvalue weighted by molar-refractivity contribution is 0.0746. The number of fused-ring (bicyclic) bond motifs is 1. The zero-order valence-electron chi connectivity index (χ0n) is 11.2. The fraction of sp³-hybridized carbons (Fsp3) is 0.267. The summed E-state index contributed by atoms with van der Waals surface area (Å²) < 4.78 is 5.52. The van der Waals surface area contributed by atoms with E-state index in [1.165, 1.54) is 6.33 Å². The highest BCUT2D eigenvalue weighted by atomic mass is 16.5. The SMILES string of the molecule is CCOc1ccccc1C(=O)N1Cc2cncnc2C1. The molecule has 20 heavy (non-hydrogen) atoms. The number of benzene rings is 1. The molecule has 1 aromatic carbocycles. The molecular formula is C15H15N3O2. The highest BCUT2D eigenvalue weighted by molar-refractivity contribution is 5.97. The molecule has 1 aliphatic heterocycles. The second-order valence-electron chi connectivity index (χ2n) is 4.59. The Balaban J connectivity index is 1.85. The third-order valence-electron chi connectivity index (χ3n) is 3.29. The predicted octanol–water partition coefficient (Wildman–Crippen LogP) is 2.03. The highest BCUT2D eigenvalue weighted by Crippen LogP contribution is 2.25. The van der Waals surface area contributed by atoms with Gasteiger partial charge in [0.1, 0.15) is 12.1 Å². The van der Waals surface area contributed by atoms with Gasteiger partial charge in [-0.3, -0.25) is 4.79 Å². The van der Waals surface area contributed by atoms with E-state index in [-0.39, 0.29) is 5.91 Å². The molecule has 0 saturated carbocycles. The Kier molecular flexibility index (Phi) is 3.33. The Labute approximate surface area is 117 Å². The molecule has 0 aliphatic carbocycles. The molecule has 102 valence electrons. The number of carbonyl (C=O) groups excluding carboxylic acids is 1. The molecule has 1 aromatic heterocycles. The molecule has 1 amide bonds. The minimum atomic E-state index is -0.0351. The van der Waals surface area contributed by atoms with Crippen LogP contribution < -0.4 is 4.74 Å². The van der Waals surface area contributed by atoms with Crippen molar-refractivity contribution >= 4 is 5.91 Å². The van der Waals surface area contributed by atoms with Crippen molar-refractivity contribution in [1.82, 2.24) is 14.9 Å². The predicted molar refractivity (Wildman–Crippen MR) is 73.2 cm³/mol. The van der Waals surface area contributed by atoms with Gasteiger partial charge in [0.2, 0.25) is 0 Å². The van der Waals surface area contributed by atoms with Crippen LogP contribution in [0.5, 0.6) is 5.75 Å². The van der Waals surface area contributed by atoms with Crippen LogP contribution in [0.1, 0.15) is 28.5 Å². The summed E-state index contributed by atoms with van der Waals surface area (Å²) in [6.45, 7) is 3.52. The summed E-state index contributed by atoms with van der Waals surface area (Å²) in [6, 6.07) is 7.33. The van der Waals surface area contributed by atoms with Gasteiger partial charge < -0.3 is 9.64 Å². The second-order valence-corrected chi connectivity index (χ2v) is 4.59. The maximum absolute atomic E-state index is 12.6. The molecule has 0 unspecified atom stereocenters. The molecule has 0 bridgehead atoms. The molecule has 0 saturated heterocycles. The van der Waals surface area contributed by atoms with Gasteiger partial charge in [-0.2, -0.15) is 0 Å². The van der Waals surface area contributed by atoms with Crippen LogP contribution in [-0.2, 0) is 13.1 Å². The van der Waals surface area contributed by atoms with Gasteiger partial charge in [-0.05, 0) is 19.1 Å². The summed E-state index contributed by atoms with van der Waals surface area (Å²) in [6.07, 6.45) is 3.28.